The van der Waals surface area contributed by atoms with Gasteiger partial charge < -0.3 is 10.3 Å². The molecule has 3 N–H and O–H groups in total. The van der Waals surface area contributed by atoms with Crippen molar-refractivity contribution < 1.29 is 13.6 Å². The highest BCUT2D eigenvalue weighted by atomic mass is 33.1. The lowest BCUT2D eigenvalue weighted by molar-refractivity contribution is -0.122. The molecule has 0 saturated carbocycles. The Bertz CT molecular complexity index is 305. The van der Waals surface area contributed by atoms with Crippen LogP contribution in [0.1, 0.15) is 6.92 Å². The minimum absolute atomic E-state index is 0.289. The zero-order valence-electron chi connectivity index (χ0n) is 5.94. The first kappa shape index (κ1) is 8.89. The number of hydrogen-bond donors (Lipinski definition) is 2. The first-order valence-electron chi connectivity index (χ1n) is 2.93. The van der Waals surface area contributed by atoms with E-state index in [1.54, 1.807) is 6.92 Å². The zero-order valence-corrected chi connectivity index (χ0v) is 7.58. The van der Waals surface area contributed by atoms with Gasteiger partial charge in [0.15, 0.2) is 0 Å². The smallest absolute Gasteiger partial charge is 0.228 e. The van der Waals surface area contributed by atoms with E-state index in [-0.39, 0.29) is 5.75 Å². The number of nitrogens with two attached hydrogens (primary N) is 1. The third kappa shape index (κ3) is 1.69. The predicted molar refractivity (Wildman–Crippen MR) is 46.6 cm³/mol. The minimum atomic E-state index is -2.96. The van der Waals surface area contributed by atoms with Gasteiger partial charge in [0.25, 0.3) is 0 Å². The molecule has 0 spiro atoms. The average Bonchev–Trinajstić information content (AvgIpc) is 2.08. The van der Waals surface area contributed by atoms with Gasteiger partial charge in [-0.2, -0.15) is 0 Å². The van der Waals surface area contributed by atoms with Crippen LogP contribution < -0.4 is 5.73 Å². The summed E-state index contributed by atoms with van der Waals surface area (Å²) in [4.78, 5) is 10.8. The van der Waals surface area contributed by atoms with Crippen LogP contribution in [0.3, 0.4) is 0 Å². The molecule has 6 heteroatoms. The van der Waals surface area contributed by atoms with Gasteiger partial charge in [0.1, 0.15) is 8.83 Å². The van der Waals surface area contributed by atoms with Crippen molar-refractivity contribution in [2.75, 3.05) is 5.75 Å². The van der Waals surface area contributed by atoms with Crippen molar-refractivity contribution in [3.05, 3.63) is 0 Å². The van der Waals surface area contributed by atoms with Crippen LogP contribution in [0.2, 0.25) is 0 Å². The van der Waals surface area contributed by atoms with Gasteiger partial charge in [-0.05, 0) is 17.7 Å². The highest BCUT2D eigenvalue weighted by Crippen LogP contribution is 2.31. The van der Waals surface area contributed by atoms with Gasteiger partial charge in [0.2, 0.25) is 5.91 Å². The van der Waals surface area contributed by atoms with Gasteiger partial charge in [-0.3, -0.25) is 4.79 Å². The Morgan fingerprint density at radius 1 is 1.91 bits per heavy atom. The summed E-state index contributed by atoms with van der Waals surface area (Å²) in [7, 11) is -2.10. The van der Waals surface area contributed by atoms with Crippen molar-refractivity contribution in [2.45, 2.75) is 6.92 Å². The van der Waals surface area contributed by atoms with E-state index in [0.29, 0.717) is 0 Å². The van der Waals surface area contributed by atoms with Crippen LogP contribution in [0.25, 0.3) is 0 Å². The Hall–Kier alpha value is -0.200. The molecule has 2 atom stereocenters. The third-order valence-corrected chi connectivity index (χ3v) is 5.03. The van der Waals surface area contributed by atoms with E-state index >= 15 is 0 Å². The predicted octanol–water partition coefficient (Wildman–Crippen LogP) is -0.301. The van der Waals surface area contributed by atoms with Gasteiger partial charge in [0, 0.05) is 11.1 Å². The summed E-state index contributed by atoms with van der Waals surface area (Å²) in [5.74, 6) is -0.262. The quantitative estimate of drug-likeness (QED) is 0.444. The highest BCUT2D eigenvalue weighted by Gasteiger charge is 2.37. The average molecular weight is 195 g/mol. The molecule has 64 valence electrons. The summed E-state index contributed by atoms with van der Waals surface area (Å²) < 4.78 is 20.0. The molecule has 0 aromatic heterocycles. The molecule has 0 aromatic rings. The monoisotopic (exact) mass is 195 g/mol. The van der Waals surface area contributed by atoms with E-state index in [1.165, 1.54) is 0 Å². The third-order valence-electron chi connectivity index (χ3n) is 1.50. The topological polar surface area (TPSA) is 80.4 Å². The first-order chi connectivity index (χ1) is 4.86. The summed E-state index contributed by atoms with van der Waals surface area (Å²) >= 11 is 0. The van der Waals surface area contributed by atoms with Crippen LogP contribution in [0.4, 0.5) is 0 Å². The van der Waals surface area contributed by atoms with Gasteiger partial charge in [-0.25, -0.2) is 4.21 Å². The number of carbonyl (C=O) groups is 1. The van der Waals surface area contributed by atoms with E-state index in [1.807, 2.05) is 0 Å². The van der Waals surface area contributed by atoms with Crippen LogP contribution in [0, 0.1) is 5.41 Å². The molecule has 11 heavy (non-hydrogen) atoms. The number of amides is 1. The van der Waals surface area contributed by atoms with E-state index in [2.05, 4.69) is 0 Å². The van der Waals surface area contributed by atoms with Crippen LogP contribution >= 0.6 is 10.8 Å². The lowest BCUT2D eigenvalue weighted by Gasteiger charge is -2.12. The molecule has 0 radical (unpaired) electrons. The molecule has 1 heterocycles. The molecule has 2 unspecified atom stereocenters. The lowest BCUT2D eigenvalue weighted by atomic mass is 9.96. The number of rotatable bonds is 1. The fourth-order valence-corrected chi connectivity index (χ4v) is 4.48. The Morgan fingerprint density at radius 2 is 2.45 bits per heavy atom. The second-order valence-corrected chi connectivity index (χ2v) is 6.61. The van der Waals surface area contributed by atoms with Gasteiger partial charge in [-0.15, -0.1) is 0 Å². The Balaban J connectivity index is 3.06. The number of carbonyl (C=O) groups excluding carboxylic acids is 1. The minimum Gasteiger partial charge on any atom is -0.369 e. The zero-order chi connectivity index (χ0) is 8.70. The van der Waals surface area contributed by atoms with Gasteiger partial charge in [-0.1, -0.05) is 0 Å². The van der Waals surface area contributed by atoms with Gasteiger partial charge >= 0.3 is 0 Å². The molecule has 1 rings (SSSR count). The molecule has 1 aliphatic heterocycles. The van der Waals surface area contributed by atoms with Crippen molar-refractivity contribution in [2.24, 2.45) is 11.1 Å². The van der Waals surface area contributed by atoms with Crippen LogP contribution in [-0.2, 0) is 13.6 Å². The van der Waals surface area contributed by atoms with Crippen molar-refractivity contribution in [1.29, 1.82) is 0 Å². The molecule has 1 aliphatic rings. The van der Waals surface area contributed by atoms with Gasteiger partial charge in [0.05, 0.1) is 5.41 Å². The van der Waals surface area contributed by atoms with Crippen LogP contribution in [-0.4, -0.2) is 25.8 Å². The summed E-state index contributed by atoms with van der Waals surface area (Å²) in [5, 5.41) is 1.13. The van der Waals surface area contributed by atoms with Crippen molar-refractivity contribution in [1.82, 2.24) is 0 Å². The summed E-state index contributed by atoms with van der Waals surface area (Å²) in [6.45, 7) is 1.56. The molecule has 0 fully saturated rings. The summed E-state index contributed by atoms with van der Waals surface area (Å²) in [5.41, 5.74) is 4.11. The first-order valence-corrected chi connectivity index (χ1v) is 6.01. The Morgan fingerprint density at radius 3 is 2.64 bits per heavy atom. The molecular formula is C5H9NO3S2. The summed E-state index contributed by atoms with van der Waals surface area (Å²) in [6, 6.07) is 0. The van der Waals surface area contributed by atoms with E-state index in [4.69, 9.17) is 10.3 Å². The summed E-state index contributed by atoms with van der Waals surface area (Å²) in [6.07, 6.45) is 0. The Kier molecular flexibility index (Phi) is 1.94. The van der Waals surface area contributed by atoms with Crippen LogP contribution in [0.5, 0.6) is 0 Å². The molecule has 0 aromatic carbocycles. The maximum absolute atomic E-state index is 11.0. The number of hydrogen-bond acceptors (Lipinski definition) is 3. The maximum atomic E-state index is 11.0. The second kappa shape index (κ2) is 2.40. The molecule has 0 aliphatic carbocycles. The van der Waals surface area contributed by atoms with E-state index in [9.17, 15) is 9.00 Å². The highest BCUT2D eigenvalue weighted by molar-refractivity contribution is 8.74. The normalized spacial score (nSPS) is 43.5. The molecular weight excluding hydrogens is 186 g/mol. The second-order valence-electron chi connectivity index (χ2n) is 2.68. The van der Waals surface area contributed by atoms with Crippen LogP contribution in [0.15, 0.2) is 0 Å². The van der Waals surface area contributed by atoms with Crippen molar-refractivity contribution in [3.63, 3.8) is 0 Å². The molecule has 1 amide bonds. The molecule has 0 bridgehead atoms. The largest absolute Gasteiger partial charge is 0.369 e. The van der Waals surface area contributed by atoms with Crippen molar-refractivity contribution >= 4 is 30.9 Å². The standard InChI is InChI=1S/C5H9NO3S2/c1-5(4(6)7)2-10-11(8,9)3-5/h3H,2H2,1H3,(H2,6,7)(H,8,9). The fraction of sp³-hybridized carbons (Fsp3) is 0.600. The van der Waals surface area contributed by atoms with E-state index < -0.39 is 20.2 Å². The Labute approximate surface area is 68.8 Å². The molecule has 4 nitrogen and oxygen atoms in total. The molecule has 0 saturated heterocycles. The maximum Gasteiger partial charge on any atom is 0.228 e. The SMILES string of the molecule is CC1(C(N)=O)C=S(=O)(O)SC1. The fourth-order valence-electron chi connectivity index (χ4n) is 0.733. The van der Waals surface area contributed by atoms with Crippen molar-refractivity contribution in [3.8, 4) is 0 Å². The van der Waals surface area contributed by atoms with E-state index in [0.717, 1.165) is 16.2 Å². The lowest BCUT2D eigenvalue weighted by Crippen LogP contribution is -2.36. The number of primary amides is 1.